The predicted octanol–water partition coefficient (Wildman–Crippen LogP) is 11.9. The third-order valence-corrected chi connectivity index (χ3v) is 8.69. The van der Waals surface area contributed by atoms with Crippen molar-refractivity contribution in [2.24, 2.45) is 0 Å². The predicted molar refractivity (Wildman–Crippen MR) is 159 cm³/mol. The number of unbranched alkanes of at least 4 members (excludes halogenated alkanes) is 21. The second kappa shape index (κ2) is 25.2. The first kappa shape index (κ1) is 35.9. The molecule has 0 amide bonds. The Bertz CT molecular complexity index is 387. The summed E-state index contributed by atoms with van der Waals surface area (Å²) in [6.07, 6.45) is 34.2. The molecule has 0 unspecified atom stereocenters. The lowest BCUT2D eigenvalue weighted by Crippen LogP contribution is -2.60. The normalized spacial score (nSPS) is 12.5. The van der Waals surface area contributed by atoms with Gasteiger partial charge in [-0.1, -0.05) is 156 Å². The molecule has 0 saturated carbocycles. The van der Waals surface area contributed by atoms with Crippen LogP contribution in [0.25, 0.3) is 0 Å². The Morgan fingerprint density at radius 3 is 0.806 bits per heavy atom. The first-order chi connectivity index (χ1) is 17.5. The van der Waals surface area contributed by atoms with E-state index < -0.39 is 4.81 Å². The third-order valence-electron chi connectivity index (χ3n) is 8.69. The largest absolute Gasteiger partial charge is 0.182 e. The molecule has 0 aromatic carbocycles. The van der Waals surface area contributed by atoms with Gasteiger partial charge in [-0.3, -0.25) is 0 Å². The smallest absolute Gasteiger partial charge is 0.161 e. The Labute approximate surface area is 228 Å². The Kier molecular flexibility index (Phi) is 25.1. The fourth-order valence-electron chi connectivity index (χ4n) is 6.01. The zero-order chi connectivity index (χ0) is 26.8. The number of quaternary nitrogens is 1. The number of hydrogen-bond donors (Lipinski definition) is 2. The standard InChI is InChI=1S/C33H70NO2/c1-5-9-12-15-18-21-24-27-30-33(34(35,36)8-4,31-28-25-22-19-16-13-10-6-2)32-29-26-23-20-17-14-11-7-3/h35-36H,5-32H2,1-4H3/q+1. The van der Waals surface area contributed by atoms with Gasteiger partial charge in [-0.05, 0) is 31.0 Å². The Morgan fingerprint density at radius 1 is 0.361 bits per heavy atom. The minimum atomic E-state index is -0.753. The van der Waals surface area contributed by atoms with Crippen LogP contribution in [0.5, 0.6) is 0 Å². The van der Waals surface area contributed by atoms with Crippen LogP contribution in [0.2, 0.25) is 0 Å². The molecule has 0 rings (SSSR count). The highest BCUT2D eigenvalue weighted by atomic mass is 16.8. The first-order valence-corrected chi connectivity index (χ1v) is 16.8. The van der Waals surface area contributed by atoms with E-state index in [1.54, 1.807) is 0 Å². The number of nitrogens with zero attached hydrogens (tertiary/aromatic N) is 1. The van der Waals surface area contributed by atoms with Crippen LogP contribution >= 0.6 is 0 Å². The van der Waals surface area contributed by atoms with E-state index in [0.29, 0.717) is 6.54 Å². The van der Waals surface area contributed by atoms with Crippen LogP contribution in [0.4, 0.5) is 0 Å². The maximum atomic E-state index is 11.2. The lowest BCUT2D eigenvalue weighted by Gasteiger charge is -2.42. The fourth-order valence-corrected chi connectivity index (χ4v) is 6.01. The fraction of sp³-hybridized carbons (Fsp3) is 1.00. The molecule has 0 heterocycles. The van der Waals surface area contributed by atoms with Crippen molar-refractivity contribution < 1.29 is 15.2 Å². The van der Waals surface area contributed by atoms with Gasteiger partial charge in [0.2, 0.25) is 0 Å². The Morgan fingerprint density at radius 2 is 0.583 bits per heavy atom. The molecule has 0 atom stereocenters. The summed E-state index contributed by atoms with van der Waals surface area (Å²) in [7, 11) is 0. The van der Waals surface area contributed by atoms with E-state index in [2.05, 4.69) is 20.8 Å². The van der Waals surface area contributed by atoms with Crippen molar-refractivity contribution in [1.82, 2.24) is 0 Å². The van der Waals surface area contributed by atoms with Gasteiger partial charge in [-0.25, -0.2) is 0 Å². The molecule has 0 aliphatic heterocycles. The second-order valence-corrected chi connectivity index (χ2v) is 11.9. The van der Waals surface area contributed by atoms with E-state index in [0.717, 1.165) is 38.5 Å². The molecule has 0 radical (unpaired) electrons. The van der Waals surface area contributed by atoms with E-state index in [-0.39, 0.29) is 5.54 Å². The van der Waals surface area contributed by atoms with Gasteiger partial charge in [0.25, 0.3) is 0 Å². The van der Waals surface area contributed by atoms with Gasteiger partial charge in [-0.15, -0.1) is 0 Å². The highest BCUT2D eigenvalue weighted by Gasteiger charge is 2.49. The molecule has 0 aliphatic carbocycles. The maximum absolute atomic E-state index is 11.2. The van der Waals surface area contributed by atoms with Crippen LogP contribution in [-0.4, -0.2) is 27.3 Å². The molecule has 0 saturated heterocycles. The quantitative estimate of drug-likeness (QED) is 0.0594. The molecule has 218 valence electrons. The summed E-state index contributed by atoms with van der Waals surface area (Å²) in [5, 5.41) is 22.5. The maximum Gasteiger partial charge on any atom is 0.161 e. The topological polar surface area (TPSA) is 40.5 Å². The molecule has 36 heavy (non-hydrogen) atoms. The molecule has 3 nitrogen and oxygen atoms in total. The van der Waals surface area contributed by atoms with E-state index in [9.17, 15) is 10.4 Å². The van der Waals surface area contributed by atoms with Gasteiger partial charge in [0, 0.05) is 19.3 Å². The van der Waals surface area contributed by atoms with Crippen molar-refractivity contribution in [2.45, 2.75) is 207 Å². The number of hydroxylamine groups is 4. The SMILES string of the molecule is CCCCCCCCCCC(CCCCCCCCCC)(CCCCCCCCCC)[N+](O)(O)CC. The highest BCUT2D eigenvalue weighted by Crippen LogP contribution is 2.38. The second-order valence-electron chi connectivity index (χ2n) is 11.9. The minimum Gasteiger partial charge on any atom is -0.182 e. The van der Waals surface area contributed by atoms with Crippen molar-refractivity contribution in [3.63, 3.8) is 0 Å². The molecular formula is C33H70NO2+. The summed E-state index contributed by atoms with van der Waals surface area (Å²) in [5.74, 6) is 0. The molecule has 2 N–H and O–H groups in total. The lowest BCUT2D eigenvalue weighted by molar-refractivity contribution is -1.27. The Balaban J connectivity index is 4.77. The van der Waals surface area contributed by atoms with Crippen LogP contribution in [0, 0.1) is 0 Å². The van der Waals surface area contributed by atoms with Crippen LogP contribution in [-0.2, 0) is 0 Å². The van der Waals surface area contributed by atoms with E-state index in [4.69, 9.17) is 0 Å². The summed E-state index contributed by atoms with van der Waals surface area (Å²) in [6.45, 7) is 9.18. The molecule has 0 spiro atoms. The van der Waals surface area contributed by atoms with Gasteiger partial charge >= 0.3 is 0 Å². The molecule has 0 aromatic rings. The Hall–Kier alpha value is -0.120. The molecular weight excluding hydrogens is 442 g/mol. The summed E-state index contributed by atoms with van der Waals surface area (Å²) >= 11 is 0. The summed E-state index contributed by atoms with van der Waals surface area (Å²) in [6, 6.07) is 0. The zero-order valence-electron chi connectivity index (χ0n) is 25.6. The molecule has 0 fully saturated rings. The van der Waals surface area contributed by atoms with Crippen molar-refractivity contribution >= 4 is 0 Å². The summed E-state index contributed by atoms with van der Waals surface area (Å²) in [4.78, 5) is -0.753. The number of rotatable bonds is 29. The van der Waals surface area contributed by atoms with Crippen LogP contribution < -0.4 is 0 Å². The average molecular weight is 513 g/mol. The van der Waals surface area contributed by atoms with Crippen LogP contribution in [0.3, 0.4) is 0 Å². The van der Waals surface area contributed by atoms with Gasteiger partial charge in [0.05, 0.1) is 0 Å². The van der Waals surface area contributed by atoms with Crippen molar-refractivity contribution in [2.75, 3.05) is 6.54 Å². The van der Waals surface area contributed by atoms with Crippen molar-refractivity contribution in [3.05, 3.63) is 0 Å². The minimum absolute atomic E-state index is 0.374. The average Bonchev–Trinajstić information content (AvgIpc) is 2.88. The first-order valence-electron chi connectivity index (χ1n) is 16.8. The summed E-state index contributed by atoms with van der Waals surface area (Å²) in [5.41, 5.74) is -0.374. The zero-order valence-corrected chi connectivity index (χ0v) is 25.6. The van der Waals surface area contributed by atoms with Gasteiger partial charge < -0.3 is 0 Å². The van der Waals surface area contributed by atoms with Crippen LogP contribution in [0.1, 0.15) is 201 Å². The van der Waals surface area contributed by atoms with E-state index in [1.165, 1.54) is 135 Å². The third kappa shape index (κ3) is 18.2. The van der Waals surface area contributed by atoms with Crippen molar-refractivity contribution in [1.29, 1.82) is 0 Å². The molecule has 0 aromatic heterocycles. The van der Waals surface area contributed by atoms with E-state index >= 15 is 0 Å². The number of hydrogen-bond acceptors (Lipinski definition) is 2. The van der Waals surface area contributed by atoms with E-state index in [1.807, 2.05) is 6.92 Å². The molecule has 3 heteroatoms. The summed E-state index contributed by atoms with van der Waals surface area (Å²) < 4.78 is 0. The van der Waals surface area contributed by atoms with Gasteiger partial charge in [-0.2, -0.15) is 10.4 Å². The van der Waals surface area contributed by atoms with Crippen molar-refractivity contribution in [3.8, 4) is 0 Å². The monoisotopic (exact) mass is 513 g/mol. The van der Waals surface area contributed by atoms with Gasteiger partial charge in [0.15, 0.2) is 5.54 Å². The lowest BCUT2D eigenvalue weighted by atomic mass is 9.80. The molecule has 0 aliphatic rings. The van der Waals surface area contributed by atoms with Crippen LogP contribution in [0.15, 0.2) is 0 Å². The highest BCUT2D eigenvalue weighted by molar-refractivity contribution is 4.80. The molecule has 0 bridgehead atoms. The van der Waals surface area contributed by atoms with Gasteiger partial charge in [0.1, 0.15) is 6.54 Å².